The van der Waals surface area contributed by atoms with Gasteiger partial charge in [0.25, 0.3) is 5.91 Å². The molecule has 3 heterocycles. The predicted octanol–water partition coefficient (Wildman–Crippen LogP) is 2.45. The maximum Gasteiger partial charge on any atom is 0.252 e. The summed E-state index contributed by atoms with van der Waals surface area (Å²) in [6.45, 7) is 2.03. The second-order valence-corrected chi connectivity index (χ2v) is 7.13. The van der Waals surface area contributed by atoms with E-state index in [1.54, 1.807) is 16.9 Å². The standard InChI is InChI=1S/C21H24N6O2/c1-26-19(9-11-23-26)25-18-14-16(15-6-2-3-7-17(15)24-18)21(29)22-10-5-13-27-12-4-8-20(27)28/h2-3,6-7,9,11,14H,4-5,8,10,12-13H2,1H3,(H,22,29)(H,24,25). The van der Waals surface area contributed by atoms with Gasteiger partial charge < -0.3 is 15.5 Å². The summed E-state index contributed by atoms with van der Waals surface area (Å²) in [7, 11) is 1.84. The number of aryl methyl sites for hydroxylation is 1. The minimum Gasteiger partial charge on any atom is -0.352 e. The Hall–Kier alpha value is -3.42. The molecule has 8 heteroatoms. The molecule has 150 valence electrons. The number of aromatic nitrogens is 3. The number of anilines is 2. The number of nitrogens with one attached hydrogen (secondary N) is 2. The van der Waals surface area contributed by atoms with Crippen LogP contribution in [0.5, 0.6) is 0 Å². The highest BCUT2D eigenvalue weighted by molar-refractivity contribution is 6.07. The number of fused-ring (bicyclic) bond motifs is 1. The molecule has 0 saturated carbocycles. The molecule has 0 bridgehead atoms. The average molecular weight is 392 g/mol. The average Bonchev–Trinajstić information content (AvgIpc) is 3.32. The Morgan fingerprint density at radius 2 is 2.10 bits per heavy atom. The number of hydrogen-bond donors (Lipinski definition) is 2. The van der Waals surface area contributed by atoms with Gasteiger partial charge in [0, 0.05) is 44.6 Å². The maximum absolute atomic E-state index is 12.9. The van der Waals surface area contributed by atoms with Crippen molar-refractivity contribution < 1.29 is 9.59 Å². The number of nitrogens with zero attached hydrogens (tertiary/aromatic N) is 4. The van der Waals surface area contributed by atoms with E-state index in [9.17, 15) is 9.59 Å². The van der Waals surface area contributed by atoms with E-state index in [1.165, 1.54) is 0 Å². The normalized spacial score (nSPS) is 13.8. The summed E-state index contributed by atoms with van der Waals surface area (Å²) in [4.78, 5) is 31.0. The van der Waals surface area contributed by atoms with E-state index in [2.05, 4.69) is 20.7 Å². The number of carbonyl (C=O) groups is 2. The van der Waals surface area contributed by atoms with Crippen molar-refractivity contribution in [2.75, 3.05) is 25.0 Å². The molecule has 0 unspecified atom stereocenters. The Bertz CT molecular complexity index is 1040. The first-order valence-electron chi connectivity index (χ1n) is 9.82. The molecule has 2 aromatic heterocycles. The fourth-order valence-corrected chi connectivity index (χ4v) is 3.56. The van der Waals surface area contributed by atoms with Crippen molar-refractivity contribution >= 4 is 34.4 Å². The third-order valence-corrected chi connectivity index (χ3v) is 5.10. The first-order valence-corrected chi connectivity index (χ1v) is 9.82. The Kier molecular flexibility index (Phi) is 5.41. The highest BCUT2D eigenvalue weighted by Crippen LogP contribution is 2.23. The van der Waals surface area contributed by atoms with Crippen LogP contribution < -0.4 is 10.6 Å². The Labute approximate surface area is 168 Å². The number of rotatable bonds is 7. The van der Waals surface area contributed by atoms with Crippen LogP contribution in [0, 0.1) is 0 Å². The van der Waals surface area contributed by atoms with Crippen molar-refractivity contribution in [1.82, 2.24) is 25.0 Å². The van der Waals surface area contributed by atoms with Crippen LogP contribution in [-0.4, -0.2) is 51.1 Å². The van der Waals surface area contributed by atoms with E-state index in [1.807, 2.05) is 42.3 Å². The molecule has 1 fully saturated rings. The van der Waals surface area contributed by atoms with Gasteiger partial charge in [-0.05, 0) is 25.0 Å². The van der Waals surface area contributed by atoms with E-state index in [-0.39, 0.29) is 11.8 Å². The molecule has 0 radical (unpaired) electrons. The van der Waals surface area contributed by atoms with Crippen LogP contribution >= 0.6 is 0 Å². The third-order valence-electron chi connectivity index (χ3n) is 5.10. The van der Waals surface area contributed by atoms with Gasteiger partial charge in [-0.15, -0.1) is 0 Å². The number of carbonyl (C=O) groups excluding carboxylic acids is 2. The second-order valence-electron chi connectivity index (χ2n) is 7.13. The van der Waals surface area contributed by atoms with E-state index in [4.69, 9.17) is 0 Å². The molecule has 1 aliphatic rings. The van der Waals surface area contributed by atoms with Gasteiger partial charge in [0.05, 0.1) is 17.3 Å². The number of likely N-dealkylation sites (tertiary alicyclic amines) is 1. The zero-order chi connectivity index (χ0) is 20.2. The van der Waals surface area contributed by atoms with Crippen LogP contribution in [0.2, 0.25) is 0 Å². The SMILES string of the molecule is Cn1nccc1Nc1cc(C(=O)NCCCN2CCCC2=O)c2ccccc2n1. The van der Waals surface area contributed by atoms with Crippen molar-refractivity contribution in [3.8, 4) is 0 Å². The number of pyridine rings is 1. The highest BCUT2D eigenvalue weighted by Gasteiger charge is 2.19. The molecule has 0 atom stereocenters. The third kappa shape index (κ3) is 4.21. The topological polar surface area (TPSA) is 92.2 Å². The van der Waals surface area contributed by atoms with Gasteiger partial charge in [0.2, 0.25) is 5.91 Å². The molecule has 1 aliphatic heterocycles. The van der Waals surface area contributed by atoms with E-state index < -0.39 is 0 Å². The summed E-state index contributed by atoms with van der Waals surface area (Å²) < 4.78 is 1.70. The number of amides is 2. The minimum absolute atomic E-state index is 0.149. The summed E-state index contributed by atoms with van der Waals surface area (Å²) in [5.74, 6) is 1.43. The monoisotopic (exact) mass is 392 g/mol. The molecule has 29 heavy (non-hydrogen) atoms. The predicted molar refractivity (Wildman–Crippen MR) is 111 cm³/mol. The van der Waals surface area contributed by atoms with Gasteiger partial charge in [-0.1, -0.05) is 18.2 Å². The molecule has 8 nitrogen and oxygen atoms in total. The molecule has 4 rings (SSSR count). The smallest absolute Gasteiger partial charge is 0.252 e. The number of benzene rings is 1. The lowest BCUT2D eigenvalue weighted by Crippen LogP contribution is -2.30. The van der Waals surface area contributed by atoms with Gasteiger partial charge >= 0.3 is 0 Å². The molecule has 0 spiro atoms. The Morgan fingerprint density at radius 3 is 2.86 bits per heavy atom. The van der Waals surface area contributed by atoms with E-state index in [0.717, 1.165) is 36.1 Å². The molecule has 1 aromatic carbocycles. The molecule has 0 aliphatic carbocycles. The zero-order valence-corrected chi connectivity index (χ0v) is 16.4. The van der Waals surface area contributed by atoms with Gasteiger partial charge in [0.1, 0.15) is 11.6 Å². The van der Waals surface area contributed by atoms with Crippen LogP contribution in [0.3, 0.4) is 0 Å². The first-order chi connectivity index (χ1) is 14.1. The molecule has 2 amide bonds. The lowest BCUT2D eigenvalue weighted by Gasteiger charge is -2.15. The first kappa shape index (κ1) is 18.9. The van der Waals surface area contributed by atoms with E-state index in [0.29, 0.717) is 30.9 Å². The van der Waals surface area contributed by atoms with Crippen molar-refractivity contribution in [1.29, 1.82) is 0 Å². The van der Waals surface area contributed by atoms with Crippen molar-refractivity contribution in [3.63, 3.8) is 0 Å². The van der Waals surface area contributed by atoms with Gasteiger partial charge in [0.15, 0.2) is 0 Å². The molecule has 2 N–H and O–H groups in total. The molecular weight excluding hydrogens is 368 g/mol. The fraction of sp³-hybridized carbons (Fsp3) is 0.333. The number of hydrogen-bond acceptors (Lipinski definition) is 5. The van der Waals surface area contributed by atoms with Crippen molar-refractivity contribution in [2.24, 2.45) is 7.05 Å². The Morgan fingerprint density at radius 1 is 1.24 bits per heavy atom. The second kappa shape index (κ2) is 8.30. The summed E-state index contributed by atoms with van der Waals surface area (Å²) in [5, 5.41) is 11.1. The lowest BCUT2D eigenvalue weighted by molar-refractivity contribution is -0.127. The van der Waals surface area contributed by atoms with Crippen molar-refractivity contribution in [3.05, 3.63) is 48.2 Å². The number of para-hydroxylation sites is 1. The maximum atomic E-state index is 12.9. The van der Waals surface area contributed by atoms with Crippen molar-refractivity contribution in [2.45, 2.75) is 19.3 Å². The van der Waals surface area contributed by atoms with Crippen LogP contribution in [0.25, 0.3) is 10.9 Å². The fourth-order valence-electron chi connectivity index (χ4n) is 3.56. The van der Waals surface area contributed by atoms with Gasteiger partial charge in [-0.2, -0.15) is 5.10 Å². The van der Waals surface area contributed by atoms with Crippen LogP contribution in [0.15, 0.2) is 42.6 Å². The van der Waals surface area contributed by atoms with Crippen LogP contribution in [0.1, 0.15) is 29.6 Å². The lowest BCUT2D eigenvalue weighted by atomic mass is 10.1. The molecular formula is C21H24N6O2. The summed E-state index contributed by atoms with van der Waals surface area (Å²) in [6.07, 6.45) is 4.01. The Balaban J connectivity index is 1.48. The molecule has 3 aromatic rings. The largest absolute Gasteiger partial charge is 0.352 e. The summed E-state index contributed by atoms with van der Waals surface area (Å²) >= 11 is 0. The minimum atomic E-state index is -0.149. The van der Waals surface area contributed by atoms with Crippen LogP contribution in [0.4, 0.5) is 11.6 Å². The molecule has 1 saturated heterocycles. The summed E-state index contributed by atoms with van der Waals surface area (Å²) in [6, 6.07) is 11.2. The van der Waals surface area contributed by atoms with E-state index >= 15 is 0 Å². The quantitative estimate of drug-likeness (QED) is 0.603. The van der Waals surface area contributed by atoms with Gasteiger partial charge in [-0.3, -0.25) is 14.3 Å². The highest BCUT2D eigenvalue weighted by atomic mass is 16.2. The zero-order valence-electron chi connectivity index (χ0n) is 16.4. The van der Waals surface area contributed by atoms with Gasteiger partial charge in [-0.25, -0.2) is 4.98 Å². The van der Waals surface area contributed by atoms with Crippen LogP contribution in [-0.2, 0) is 11.8 Å². The summed E-state index contributed by atoms with van der Waals surface area (Å²) in [5.41, 5.74) is 1.31.